The van der Waals surface area contributed by atoms with E-state index in [1.165, 1.54) is 43.8 Å². The molecule has 10 rings (SSSR count). The minimum Gasteiger partial charge on any atom is -0.440 e. The van der Waals surface area contributed by atoms with Gasteiger partial charge in [-0.25, -0.2) is 0 Å². The van der Waals surface area contributed by atoms with Gasteiger partial charge >= 0.3 is 0 Å². The number of para-hydroxylation sites is 2. The number of hydrogen-bond acceptors (Lipinski definition) is 3. The summed E-state index contributed by atoms with van der Waals surface area (Å²) < 4.78 is 6.43. The zero-order valence-corrected chi connectivity index (χ0v) is 29.4. The summed E-state index contributed by atoms with van der Waals surface area (Å²) in [4.78, 5) is 7.15. The van der Waals surface area contributed by atoms with Crippen molar-refractivity contribution in [1.29, 1.82) is 0 Å². The summed E-state index contributed by atoms with van der Waals surface area (Å²) in [6.45, 7) is 0. The van der Waals surface area contributed by atoms with Gasteiger partial charge in [0.15, 0.2) is 0 Å². The van der Waals surface area contributed by atoms with Crippen molar-refractivity contribution >= 4 is 49.8 Å². The number of anilines is 3. The number of benzene rings is 8. The van der Waals surface area contributed by atoms with E-state index in [0.717, 1.165) is 50.6 Å². The van der Waals surface area contributed by atoms with Gasteiger partial charge in [-0.3, -0.25) is 9.88 Å². The van der Waals surface area contributed by atoms with Crippen LogP contribution in [0.5, 0.6) is 0 Å². The van der Waals surface area contributed by atoms with Crippen LogP contribution < -0.4 is 4.90 Å². The summed E-state index contributed by atoms with van der Waals surface area (Å²) >= 11 is 0. The lowest BCUT2D eigenvalue weighted by molar-refractivity contribution is 0.621. The number of rotatable bonds is 7. The number of pyridine rings is 1. The second-order valence-corrected chi connectivity index (χ2v) is 13.6. The van der Waals surface area contributed by atoms with Crippen LogP contribution in [0.25, 0.3) is 77.2 Å². The molecule has 0 saturated heterocycles. The van der Waals surface area contributed by atoms with Gasteiger partial charge in [-0.15, -0.1) is 0 Å². The number of aromatic nitrogens is 1. The molecular formula is C51H34N2O. The Balaban J connectivity index is 1.17. The molecule has 254 valence electrons. The predicted octanol–water partition coefficient (Wildman–Crippen LogP) is 14.3. The van der Waals surface area contributed by atoms with E-state index in [0.29, 0.717) is 0 Å². The standard InChI is InChI=1S/C51H34N2O/c1-4-14-35(15-5-1)38-26-30-45-46(32-38)50(43-21-11-12-22-44(43)51(45)40-27-31-47(52-34-40)36-16-6-2-7-17-36)37-24-28-42(29-25-37)53(41-19-8-3-9-20-41)49-33-39-18-10-13-23-48(39)54-49/h1-34H. The highest BCUT2D eigenvalue weighted by molar-refractivity contribution is 6.22. The minimum atomic E-state index is 0.773. The average molecular weight is 691 g/mol. The third kappa shape index (κ3) is 5.60. The fourth-order valence-corrected chi connectivity index (χ4v) is 7.77. The van der Waals surface area contributed by atoms with E-state index in [1.54, 1.807) is 0 Å². The van der Waals surface area contributed by atoms with Crippen LogP contribution in [0.1, 0.15) is 0 Å². The molecule has 8 aromatic carbocycles. The van der Waals surface area contributed by atoms with E-state index in [9.17, 15) is 0 Å². The lowest BCUT2D eigenvalue weighted by Crippen LogP contribution is -2.08. The topological polar surface area (TPSA) is 29.3 Å². The van der Waals surface area contributed by atoms with E-state index in [2.05, 4.69) is 175 Å². The Morgan fingerprint density at radius 3 is 1.61 bits per heavy atom. The monoisotopic (exact) mass is 690 g/mol. The van der Waals surface area contributed by atoms with Gasteiger partial charge in [0.05, 0.1) is 5.69 Å². The van der Waals surface area contributed by atoms with Crippen LogP contribution in [0.2, 0.25) is 0 Å². The van der Waals surface area contributed by atoms with E-state index in [-0.39, 0.29) is 0 Å². The zero-order valence-electron chi connectivity index (χ0n) is 29.4. The van der Waals surface area contributed by atoms with Crippen LogP contribution in [-0.2, 0) is 0 Å². The minimum absolute atomic E-state index is 0.773. The quantitative estimate of drug-likeness (QED) is 0.156. The summed E-state index contributed by atoms with van der Waals surface area (Å²) in [6, 6.07) is 70.6. The van der Waals surface area contributed by atoms with Gasteiger partial charge in [0, 0.05) is 40.2 Å². The van der Waals surface area contributed by atoms with Gasteiger partial charge in [-0.1, -0.05) is 152 Å². The molecule has 2 aromatic heterocycles. The molecule has 3 nitrogen and oxygen atoms in total. The third-order valence-electron chi connectivity index (χ3n) is 10.3. The Morgan fingerprint density at radius 1 is 0.370 bits per heavy atom. The molecule has 0 fully saturated rings. The van der Waals surface area contributed by atoms with Gasteiger partial charge in [-0.2, -0.15) is 0 Å². The van der Waals surface area contributed by atoms with Gasteiger partial charge < -0.3 is 4.42 Å². The largest absolute Gasteiger partial charge is 0.440 e. The average Bonchev–Trinajstić information content (AvgIpc) is 3.68. The molecule has 3 heteroatoms. The van der Waals surface area contributed by atoms with Gasteiger partial charge in [0.1, 0.15) is 5.58 Å². The molecule has 0 unspecified atom stereocenters. The van der Waals surface area contributed by atoms with E-state index < -0.39 is 0 Å². The molecule has 0 bridgehead atoms. The maximum Gasteiger partial charge on any atom is 0.205 e. The lowest BCUT2D eigenvalue weighted by atomic mass is 9.85. The fraction of sp³-hybridized carbons (Fsp3) is 0. The molecule has 0 saturated carbocycles. The highest BCUT2D eigenvalue weighted by Crippen LogP contribution is 2.46. The van der Waals surface area contributed by atoms with Gasteiger partial charge in [0.2, 0.25) is 5.88 Å². The number of fused-ring (bicyclic) bond motifs is 3. The first kappa shape index (κ1) is 31.5. The second kappa shape index (κ2) is 13.4. The Kier molecular flexibility index (Phi) is 7.81. The van der Waals surface area contributed by atoms with Crippen molar-refractivity contribution < 1.29 is 4.42 Å². The Hall–Kier alpha value is -7.23. The molecular weight excluding hydrogens is 657 g/mol. The van der Waals surface area contributed by atoms with Crippen LogP contribution in [0, 0.1) is 0 Å². The first-order valence-electron chi connectivity index (χ1n) is 18.3. The number of hydrogen-bond donors (Lipinski definition) is 0. The molecule has 0 aliphatic rings. The Morgan fingerprint density at radius 2 is 0.926 bits per heavy atom. The molecule has 0 amide bonds. The summed E-state index contributed by atoms with van der Waals surface area (Å²) in [6.07, 6.45) is 2.03. The van der Waals surface area contributed by atoms with Crippen molar-refractivity contribution in [2.45, 2.75) is 0 Å². The van der Waals surface area contributed by atoms with Crippen molar-refractivity contribution in [2.24, 2.45) is 0 Å². The molecule has 54 heavy (non-hydrogen) atoms. The van der Waals surface area contributed by atoms with Gasteiger partial charge in [0.25, 0.3) is 0 Å². The molecule has 0 radical (unpaired) electrons. The zero-order chi connectivity index (χ0) is 35.8. The molecule has 0 aliphatic heterocycles. The first-order chi connectivity index (χ1) is 26.8. The SMILES string of the molecule is c1ccc(-c2ccc3c(-c4ccc(-c5ccccc5)nc4)c4ccccc4c(-c4ccc(N(c5ccccc5)c5cc6ccccc6o5)cc4)c3c2)cc1. The summed E-state index contributed by atoms with van der Waals surface area (Å²) in [5.74, 6) is 0.773. The molecule has 10 aromatic rings. The smallest absolute Gasteiger partial charge is 0.205 e. The number of nitrogens with zero attached hydrogens (tertiary/aromatic N) is 2. The molecule has 0 aliphatic carbocycles. The summed E-state index contributed by atoms with van der Waals surface area (Å²) in [5, 5.41) is 5.85. The van der Waals surface area contributed by atoms with Crippen LogP contribution in [0.3, 0.4) is 0 Å². The van der Waals surface area contributed by atoms with Crippen molar-refractivity contribution in [3.63, 3.8) is 0 Å². The van der Waals surface area contributed by atoms with Crippen LogP contribution in [0.15, 0.2) is 211 Å². The first-order valence-corrected chi connectivity index (χ1v) is 18.3. The normalized spacial score (nSPS) is 11.3. The van der Waals surface area contributed by atoms with Crippen LogP contribution in [-0.4, -0.2) is 4.98 Å². The van der Waals surface area contributed by atoms with Crippen LogP contribution >= 0.6 is 0 Å². The maximum atomic E-state index is 6.43. The van der Waals surface area contributed by atoms with Crippen molar-refractivity contribution in [3.05, 3.63) is 206 Å². The third-order valence-corrected chi connectivity index (χ3v) is 10.3. The van der Waals surface area contributed by atoms with Crippen LogP contribution in [0.4, 0.5) is 17.3 Å². The Labute approximate surface area is 314 Å². The van der Waals surface area contributed by atoms with Crippen molar-refractivity contribution in [2.75, 3.05) is 4.90 Å². The summed E-state index contributed by atoms with van der Waals surface area (Å²) in [7, 11) is 0. The highest BCUT2D eigenvalue weighted by Gasteiger charge is 2.20. The molecule has 0 N–H and O–H groups in total. The molecule has 0 spiro atoms. The molecule has 0 atom stereocenters. The lowest BCUT2D eigenvalue weighted by Gasteiger charge is -2.23. The fourth-order valence-electron chi connectivity index (χ4n) is 7.77. The predicted molar refractivity (Wildman–Crippen MR) is 225 cm³/mol. The van der Waals surface area contributed by atoms with Crippen molar-refractivity contribution in [3.8, 4) is 44.6 Å². The van der Waals surface area contributed by atoms with E-state index in [4.69, 9.17) is 9.40 Å². The van der Waals surface area contributed by atoms with E-state index >= 15 is 0 Å². The van der Waals surface area contributed by atoms with Crippen molar-refractivity contribution in [1.82, 2.24) is 4.98 Å². The number of furan rings is 1. The second-order valence-electron chi connectivity index (χ2n) is 13.6. The maximum absolute atomic E-state index is 6.43. The molecule has 2 heterocycles. The summed E-state index contributed by atoms with van der Waals surface area (Å²) in [5.41, 5.74) is 12.0. The van der Waals surface area contributed by atoms with Gasteiger partial charge in [-0.05, 0) is 91.8 Å². The highest BCUT2D eigenvalue weighted by atomic mass is 16.4. The Bertz CT molecular complexity index is 2870. The van der Waals surface area contributed by atoms with E-state index in [1.807, 2.05) is 36.5 Å².